The standard InChI is InChI=1S/C16H24N2O4/c1-6-13(18(20)21)14(12-9-7-11(2)8-10-12)17-15(19)22-16(3,4)5/h7-10,13-14H,6H2,1-5H3,(H,17,19). The zero-order valence-corrected chi connectivity index (χ0v) is 13.8. The number of alkyl carbamates (subject to hydrolysis) is 1. The molecule has 1 amide bonds. The molecule has 2 atom stereocenters. The van der Waals surface area contributed by atoms with Crippen LogP contribution in [0, 0.1) is 17.0 Å². The summed E-state index contributed by atoms with van der Waals surface area (Å²) < 4.78 is 5.22. The lowest BCUT2D eigenvalue weighted by molar-refractivity contribution is -0.528. The molecule has 0 saturated heterocycles. The Morgan fingerprint density at radius 3 is 2.27 bits per heavy atom. The Balaban J connectivity index is 3.03. The summed E-state index contributed by atoms with van der Waals surface area (Å²) in [6, 6.07) is 5.69. The molecule has 0 radical (unpaired) electrons. The SMILES string of the molecule is CCC(C(NC(=O)OC(C)(C)C)c1ccc(C)cc1)[N+](=O)[O-]. The number of rotatable bonds is 5. The number of hydrogen-bond acceptors (Lipinski definition) is 4. The topological polar surface area (TPSA) is 81.5 Å². The van der Waals surface area contributed by atoms with Crippen molar-refractivity contribution in [2.75, 3.05) is 0 Å². The van der Waals surface area contributed by atoms with Crippen molar-refractivity contribution in [3.63, 3.8) is 0 Å². The van der Waals surface area contributed by atoms with Crippen LogP contribution in [-0.4, -0.2) is 22.7 Å². The maximum Gasteiger partial charge on any atom is 0.408 e. The van der Waals surface area contributed by atoms with Gasteiger partial charge in [-0.25, -0.2) is 4.79 Å². The molecule has 0 bridgehead atoms. The Labute approximate surface area is 131 Å². The molecule has 1 N–H and O–H groups in total. The van der Waals surface area contributed by atoms with Crippen LogP contribution in [0.5, 0.6) is 0 Å². The summed E-state index contributed by atoms with van der Waals surface area (Å²) in [6.07, 6.45) is -0.347. The second kappa shape index (κ2) is 7.24. The third kappa shape index (κ3) is 5.35. The molecule has 0 saturated carbocycles. The maximum absolute atomic E-state index is 12.0. The molecular formula is C16H24N2O4. The number of ether oxygens (including phenoxy) is 1. The maximum atomic E-state index is 12.0. The number of nitrogens with one attached hydrogen (secondary N) is 1. The average molecular weight is 308 g/mol. The second-order valence-electron chi connectivity index (χ2n) is 6.30. The third-order valence-corrected chi connectivity index (χ3v) is 3.18. The monoisotopic (exact) mass is 308 g/mol. The molecule has 0 aliphatic heterocycles. The quantitative estimate of drug-likeness (QED) is 0.665. The van der Waals surface area contributed by atoms with Gasteiger partial charge in [0.15, 0.2) is 0 Å². The highest BCUT2D eigenvalue weighted by molar-refractivity contribution is 5.68. The van der Waals surface area contributed by atoms with E-state index in [2.05, 4.69) is 5.32 Å². The normalized spacial score (nSPS) is 14.0. The van der Waals surface area contributed by atoms with Crippen molar-refractivity contribution in [1.29, 1.82) is 0 Å². The first-order chi connectivity index (χ1) is 10.1. The van der Waals surface area contributed by atoms with Crippen LogP contribution in [0.15, 0.2) is 24.3 Å². The minimum atomic E-state index is -0.907. The van der Waals surface area contributed by atoms with Gasteiger partial charge in [0.2, 0.25) is 6.04 Å². The molecule has 22 heavy (non-hydrogen) atoms. The summed E-state index contributed by atoms with van der Waals surface area (Å²) in [4.78, 5) is 22.9. The predicted octanol–water partition coefficient (Wildman–Crippen LogP) is 3.62. The van der Waals surface area contributed by atoms with E-state index in [1.807, 2.05) is 19.1 Å². The third-order valence-electron chi connectivity index (χ3n) is 3.18. The summed E-state index contributed by atoms with van der Waals surface area (Å²) in [7, 11) is 0. The Morgan fingerprint density at radius 2 is 1.86 bits per heavy atom. The first-order valence-corrected chi connectivity index (χ1v) is 7.33. The Hall–Kier alpha value is -2.11. The van der Waals surface area contributed by atoms with Crippen LogP contribution in [-0.2, 0) is 4.74 Å². The van der Waals surface area contributed by atoms with Gasteiger partial charge in [-0.05, 0) is 33.3 Å². The molecule has 6 heteroatoms. The molecule has 0 heterocycles. The fourth-order valence-electron chi connectivity index (χ4n) is 2.12. The molecule has 1 aromatic rings. The van der Waals surface area contributed by atoms with Crippen LogP contribution in [0.1, 0.15) is 51.3 Å². The van der Waals surface area contributed by atoms with E-state index in [0.29, 0.717) is 12.0 Å². The predicted molar refractivity (Wildman–Crippen MR) is 84.4 cm³/mol. The highest BCUT2D eigenvalue weighted by Crippen LogP contribution is 2.22. The molecule has 0 aliphatic carbocycles. The van der Waals surface area contributed by atoms with E-state index in [0.717, 1.165) is 5.56 Å². The minimum Gasteiger partial charge on any atom is -0.444 e. The molecular weight excluding hydrogens is 284 g/mol. The second-order valence-corrected chi connectivity index (χ2v) is 6.30. The van der Waals surface area contributed by atoms with Crippen LogP contribution in [0.25, 0.3) is 0 Å². The van der Waals surface area contributed by atoms with E-state index in [-0.39, 0.29) is 4.92 Å². The lowest BCUT2D eigenvalue weighted by atomic mass is 9.97. The van der Waals surface area contributed by atoms with Crippen molar-refractivity contribution >= 4 is 6.09 Å². The summed E-state index contributed by atoms with van der Waals surface area (Å²) in [5.41, 5.74) is 1.09. The Morgan fingerprint density at radius 1 is 1.32 bits per heavy atom. The van der Waals surface area contributed by atoms with E-state index < -0.39 is 23.8 Å². The van der Waals surface area contributed by atoms with Gasteiger partial charge in [-0.15, -0.1) is 0 Å². The van der Waals surface area contributed by atoms with Gasteiger partial charge in [0, 0.05) is 11.3 Å². The lowest BCUT2D eigenvalue weighted by Crippen LogP contribution is -2.42. The smallest absolute Gasteiger partial charge is 0.408 e. The van der Waals surface area contributed by atoms with Crippen molar-refractivity contribution < 1.29 is 14.5 Å². The summed E-state index contributed by atoms with van der Waals surface area (Å²) >= 11 is 0. The summed E-state index contributed by atoms with van der Waals surface area (Å²) in [6.45, 7) is 8.91. The largest absolute Gasteiger partial charge is 0.444 e. The number of carbonyl (C=O) groups is 1. The molecule has 1 aromatic carbocycles. The zero-order valence-electron chi connectivity index (χ0n) is 13.8. The highest BCUT2D eigenvalue weighted by Gasteiger charge is 2.33. The fourth-order valence-corrected chi connectivity index (χ4v) is 2.12. The molecule has 1 rings (SSSR count). The Bertz CT molecular complexity index is 520. The van der Waals surface area contributed by atoms with Crippen LogP contribution in [0.2, 0.25) is 0 Å². The number of hydrogen-bond donors (Lipinski definition) is 1. The van der Waals surface area contributed by atoms with Crippen LogP contribution >= 0.6 is 0 Å². The zero-order chi connectivity index (χ0) is 16.9. The molecule has 2 unspecified atom stereocenters. The molecule has 0 aliphatic rings. The highest BCUT2D eigenvalue weighted by atomic mass is 16.6. The van der Waals surface area contributed by atoms with Crippen LogP contribution in [0.4, 0.5) is 4.79 Å². The molecule has 122 valence electrons. The van der Waals surface area contributed by atoms with Gasteiger partial charge in [0.1, 0.15) is 11.6 Å². The first kappa shape index (κ1) is 17.9. The van der Waals surface area contributed by atoms with E-state index in [4.69, 9.17) is 4.74 Å². The van der Waals surface area contributed by atoms with Crippen molar-refractivity contribution in [3.8, 4) is 0 Å². The van der Waals surface area contributed by atoms with E-state index in [9.17, 15) is 14.9 Å². The number of nitro groups is 1. The average Bonchev–Trinajstić information content (AvgIpc) is 2.36. The number of amides is 1. The van der Waals surface area contributed by atoms with Gasteiger partial charge in [-0.2, -0.15) is 0 Å². The van der Waals surface area contributed by atoms with Crippen molar-refractivity contribution in [2.45, 2.75) is 58.7 Å². The van der Waals surface area contributed by atoms with Crippen molar-refractivity contribution in [2.24, 2.45) is 0 Å². The molecule has 0 spiro atoms. The van der Waals surface area contributed by atoms with Gasteiger partial charge < -0.3 is 10.1 Å². The van der Waals surface area contributed by atoms with Crippen molar-refractivity contribution in [1.82, 2.24) is 5.32 Å². The van der Waals surface area contributed by atoms with E-state index in [1.54, 1.807) is 39.8 Å². The lowest BCUT2D eigenvalue weighted by Gasteiger charge is -2.25. The molecule has 0 aromatic heterocycles. The van der Waals surface area contributed by atoms with E-state index >= 15 is 0 Å². The fraction of sp³-hybridized carbons (Fsp3) is 0.562. The molecule has 0 fully saturated rings. The summed E-state index contributed by atoms with van der Waals surface area (Å²) in [5.74, 6) is 0. The number of aryl methyl sites for hydroxylation is 1. The van der Waals surface area contributed by atoms with Gasteiger partial charge in [-0.3, -0.25) is 10.1 Å². The summed E-state index contributed by atoms with van der Waals surface area (Å²) in [5, 5.41) is 13.9. The molecule has 6 nitrogen and oxygen atoms in total. The van der Waals surface area contributed by atoms with Gasteiger partial charge in [0.05, 0.1) is 0 Å². The number of benzene rings is 1. The van der Waals surface area contributed by atoms with Crippen LogP contribution < -0.4 is 5.32 Å². The van der Waals surface area contributed by atoms with Crippen LogP contribution in [0.3, 0.4) is 0 Å². The first-order valence-electron chi connectivity index (χ1n) is 7.33. The van der Waals surface area contributed by atoms with Crippen molar-refractivity contribution in [3.05, 3.63) is 45.5 Å². The van der Waals surface area contributed by atoms with Gasteiger partial charge in [-0.1, -0.05) is 36.8 Å². The van der Waals surface area contributed by atoms with E-state index in [1.165, 1.54) is 0 Å². The Kier molecular flexibility index (Phi) is 5.91. The number of carbonyl (C=O) groups excluding carboxylic acids is 1. The number of nitrogens with zero attached hydrogens (tertiary/aromatic N) is 1. The van der Waals surface area contributed by atoms with Gasteiger partial charge >= 0.3 is 6.09 Å². The van der Waals surface area contributed by atoms with Gasteiger partial charge in [0.25, 0.3) is 0 Å². The minimum absolute atomic E-state index is 0.307.